The molecule has 26 heavy (non-hydrogen) atoms. The van der Waals surface area contributed by atoms with Crippen molar-refractivity contribution < 1.29 is 48.0 Å². The zero-order valence-corrected chi connectivity index (χ0v) is 17.4. The van der Waals surface area contributed by atoms with Crippen LogP contribution >= 0.6 is 15.6 Å². The minimum atomic E-state index is -4.61. The summed E-state index contributed by atoms with van der Waals surface area (Å²) in [6, 6.07) is 0. The number of aliphatic hydroxyl groups is 2. The predicted molar refractivity (Wildman–Crippen MR) is 94.1 cm³/mol. The van der Waals surface area contributed by atoms with Gasteiger partial charge in [-0.25, -0.2) is 9.13 Å². The van der Waals surface area contributed by atoms with Crippen LogP contribution in [0.1, 0.15) is 66.2 Å². The lowest BCUT2D eigenvalue weighted by Crippen LogP contribution is -2.26. The summed E-state index contributed by atoms with van der Waals surface area (Å²) in [5.41, 5.74) is -2.19. The Bertz CT molecular complexity index is 464. The van der Waals surface area contributed by atoms with Gasteiger partial charge in [0.2, 0.25) is 0 Å². The molecule has 0 rings (SSSR count). The maximum absolute atomic E-state index is 10.9. The van der Waals surface area contributed by atoms with Crippen molar-refractivity contribution in [2.24, 2.45) is 0 Å². The monoisotopic (exact) mass is 422 g/mol. The summed E-state index contributed by atoms with van der Waals surface area (Å²) in [6.45, 7) is 6.04. The van der Waals surface area contributed by atoms with E-state index >= 15 is 0 Å². The van der Waals surface area contributed by atoms with Gasteiger partial charge in [0.05, 0.1) is 23.4 Å². The topological polar surface area (TPSA) is 174 Å². The second-order valence-electron chi connectivity index (χ2n) is 7.65. The second-order valence-corrected chi connectivity index (χ2v) is 9.97. The van der Waals surface area contributed by atoms with Crippen molar-refractivity contribution in [2.45, 2.75) is 89.6 Å². The van der Waals surface area contributed by atoms with Crippen molar-refractivity contribution in [1.82, 2.24) is 0 Å². The van der Waals surface area contributed by atoms with Gasteiger partial charge < -0.3 is 29.8 Å². The molecule has 10 nitrogen and oxygen atoms in total. The number of phosphoric ester groups is 2. The van der Waals surface area contributed by atoms with Gasteiger partial charge in [-0.15, -0.1) is 0 Å². The van der Waals surface area contributed by atoms with Gasteiger partial charge in [0, 0.05) is 0 Å². The van der Waals surface area contributed by atoms with Crippen molar-refractivity contribution >= 4 is 15.6 Å². The van der Waals surface area contributed by atoms with E-state index in [0.717, 1.165) is 0 Å². The molecular weight excluding hydrogens is 390 g/mol. The molecule has 0 saturated carbocycles. The van der Waals surface area contributed by atoms with E-state index in [-0.39, 0.29) is 38.5 Å². The highest BCUT2D eigenvalue weighted by Gasteiger charge is 2.30. The Kier molecular flexibility index (Phi) is 10.1. The lowest BCUT2D eigenvalue weighted by molar-refractivity contribution is 0.0285. The third-order valence-electron chi connectivity index (χ3n) is 3.72. The van der Waals surface area contributed by atoms with Crippen molar-refractivity contribution in [3.63, 3.8) is 0 Å². The van der Waals surface area contributed by atoms with Crippen molar-refractivity contribution in [3.05, 3.63) is 0 Å². The highest BCUT2D eigenvalue weighted by Crippen LogP contribution is 2.43. The molecule has 2 atom stereocenters. The minimum Gasteiger partial charge on any atom is -0.393 e. The molecule has 0 amide bonds. The summed E-state index contributed by atoms with van der Waals surface area (Å²) < 4.78 is 31.0. The lowest BCUT2D eigenvalue weighted by Gasteiger charge is -2.27. The van der Waals surface area contributed by atoms with Gasteiger partial charge in [-0.3, -0.25) is 9.05 Å². The van der Waals surface area contributed by atoms with E-state index < -0.39 is 39.1 Å². The summed E-state index contributed by atoms with van der Waals surface area (Å²) in [5.74, 6) is 0. The number of hydrogen-bond donors (Lipinski definition) is 6. The molecule has 0 aromatic heterocycles. The average molecular weight is 422 g/mol. The molecule has 0 aliphatic carbocycles. The zero-order valence-electron chi connectivity index (χ0n) is 15.6. The third-order valence-corrected chi connectivity index (χ3v) is 5.19. The molecule has 0 fully saturated rings. The molecule has 0 spiro atoms. The Labute approximate surface area is 154 Å². The van der Waals surface area contributed by atoms with Gasteiger partial charge in [0.25, 0.3) is 0 Å². The number of hydrogen-bond acceptors (Lipinski definition) is 6. The summed E-state index contributed by atoms with van der Waals surface area (Å²) in [6.07, 6.45) is -0.0805. The van der Waals surface area contributed by atoms with E-state index in [0.29, 0.717) is 0 Å². The summed E-state index contributed by atoms with van der Waals surface area (Å²) in [5, 5.41) is 19.9. The first-order valence-corrected chi connectivity index (χ1v) is 11.4. The van der Waals surface area contributed by atoms with Gasteiger partial charge in [-0.2, -0.15) is 0 Å². The summed E-state index contributed by atoms with van der Waals surface area (Å²) >= 11 is 0. The molecule has 2 unspecified atom stereocenters. The van der Waals surface area contributed by atoms with E-state index in [4.69, 9.17) is 19.6 Å². The van der Waals surface area contributed by atoms with Gasteiger partial charge in [-0.1, -0.05) is 0 Å². The van der Waals surface area contributed by atoms with Crippen LogP contribution < -0.4 is 0 Å². The second kappa shape index (κ2) is 10.1. The van der Waals surface area contributed by atoms with Gasteiger partial charge in [-0.05, 0) is 66.2 Å². The first-order valence-electron chi connectivity index (χ1n) is 8.30. The van der Waals surface area contributed by atoms with Crippen LogP contribution in [0.2, 0.25) is 0 Å². The molecule has 0 aromatic rings. The SMILES string of the molecule is CC(C)(CCC(O)CCC(O)CCC(C)(C)OP(=O)(O)O)OP(=O)(O)O. The van der Waals surface area contributed by atoms with Crippen LogP contribution in [0, 0.1) is 0 Å². The molecule has 0 radical (unpaired) electrons. The Morgan fingerprint density at radius 1 is 0.692 bits per heavy atom. The van der Waals surface area contributed by atoms with Crippen LogP contribution in [-0.2, 0) is 18.2 Å². The number of phosphoric acid groups is 2. The molecule has 0 saturated heterocycles. The van der Waals surface area contributed by atoms with E-state index in [1.807, 2.05) is 0 Å². The Balaban J connectivity index is 4.17. The van der Waals surface area contributed by atoms with Crippen LogP contribution in [-0.4, -0.2) is 53.2 Å². The molecular formula is C14H32O10P2. The summed E-state index contributed by atoms with van der Waals surface area (Å²) in [4.78, 5) is 35.3. The first-order chi connectivity index (χ1) is 11.4. The van der Waals surface area contributed by atoms with Gasteiger partial charge >= 0.3 is 15.6 Å². The van der Waals surface area contributed by atoms with E-state index in [1.165, 1.54) is 27.7 Å². The van der Waals surface area contributed by atoms with Crippen molar-refractivity contribution in [1.29, 1.82) is 0 Å². The van der Waals surface area contributed by atoms with E-state index in [1.54, 1.807) is 0 Å². The fourth-order valence-corrected chi connectivity index (χ4v) is 3.91. The minimum absolute atomic E-state index is 0.221. The summed E-state index contributed by atoms with van der Waals surface area (Å²) in [7, 11) is -9.21. The largest absolute Gasteiger partial charge is 0.470 e. The molecule has 6 N–H and O–H groups in total. The van der Waals surface area contributed by atoms with Gasteiger partial charge in [0.1, 0.15) is 0 Å². The highest BCUT2D eigenvalue weighted by molar-refractivity contribution is 7.46. The maximum Gasteiger partial charge on any atom is 0.470 e. The molecule has 0 heterocycles. The zero-order chi connectivity index (χ0) is 20.8. The van der Waals surface area contributed by atoms with Crippen LogP contribution in [0.3, 0.4) is 0 Å². The van der Waals surface area contributed by atoms with Crippen molar-refractivity contribution in [3.8, 4) is 0 Å². The van der Waals surface area contributed by atoms with Crippen molar-refractivity contribution in [2.75, 3.05) is 0 Å². The number of rotatable bonds is 13. The van der Waals surface area contributed by atoms with Crippen LogP contribution in [0.4, 0.5) is 0 Å². The standard InChI is InChI=1S/C14H32O10P2/c1-13(2,23-25(17,18)19)9-7-11(15)5-6-12(16)8-10-14(3,4)24-26(20,21)22/h11-12,15-16H,5-10H2,1-4H3,(H2,17,18,19)(H2,20,21,22). The predicted octanol–water partition coefficient (Wildman–Crippen LogP) is 1.82. The fourth-order valence-electron chi connectivity index (χ4n) is 2.44. The van der Waals surface area contributed by atoms with E-state index in [2.05, 4.69) is 9.05 Å². The normalized spacial score (nSPS) is 16.5. The Morgan fingerprint density at radius 3 is 1.19 bits per heavy atom. The Hall–Kier alpha value is 0.140. The molecule has 12 heteroatoms. The van der Waals surface area contributed by atoms with E-state index in [9.17, 15) is 19.3 Å². The average Bonchev–Trinajstić information content (AvgIpc) is 2.35. The van der Waals surface area contributed by atoms with Crippen LogP contribution in [0.15, 0.2) is 0 Å². The Morgan fingerprint density at radius 2 is 0.962 bits per heavy atom. The molecule has 0 aliphatic heterocycles. The van der Waals surface area contributed by atoms with Gasteiger partial charge in [0.15, 0.2) is 0 Å². The molecule has 0 aliphatic rings. The molecule has 0 bridgehead atoms. The van der Waals surface area contributed by atoms with Crippen LogP contribution in [0.5, 0.6) is 0 Å². The smallest absolute Gasteiger partial charge is 0.393 e. The maximum atomic E-state index is 10.9. The fraction of sp³-hybridized carbons (Fsp3) is 1.00. The van der Waals surface area contributed by atoms with Crippen LogP contribution in [0.25, 0.3) is 0 Å². The number of aliphatic hydroxyl groups excluding tert-OH is 2. The third kappa shape index (κ3) is 15.2. The first kappa shape index (κ1) is 26.1. The molecule has 158 valence electrons. The molecule has 0 aromatic carbocycles. The quantitative estimate of drug-likeness (QED) is 0.240. The highest BCUT2D eigenvalue weighted by atomic mass is 31.2. The lowest BCUT2D eigenvalue weighted by atomic mass is 9.95.